The lowest BCUT2D eigenvalue weighted by Gasteiger charge is -2.17. The van der Waals surface area contributed by atoms with Gasteiger partial charge in [-0.2, -0.15) is 13.2 Å². The smallest absolute Gasteiger partial charge is 0.379 e. The molecule has 0 radical (unpaired) electrons. The van der Waals surface area contributed by atoms with E-state index < -0.39 is 11.7 Å². The second-order valence-corrected chi connectivity index (χ2v) is 5.41. The monoisotopic (exact) mass is 343 g/mol. The minimum absolute atomic E-state index is 0.210. The van der Waals surface area contributed by atoms with E-state index in [-0.39, 0.29) is 6.04 Å². The van der Waals surface area contributed by atoms with E-state index in [0.29, 0.717) is 5.56 Å². The van der Waals surface area contributed by atoms with Crippen LogP contribution in [0.2, 0.25) is 0 Å². The van der Waals surface area contributed by atoms with Gasteiger partial charge in [-0.25, -0.2) is 0 Å². The molecule has 2 aromatic rings. The molecular formula is C15H13BrF3N. The maximum atomic E-state index is 12.7. The van der Waals surface area contributed by atoms with Gasteiger partial charge < -0.3 is 5.32 Å². The number of nitrogens with one attached hydrogen (secondary N) is 1. The zero-order chi connectivity index (χ0) is 14.8. The van der Waals surface area contributed by atoms with Gasteiger partial charge in [0, 0.05) is 16.2 Å². The van der Waals surface area contributed by atoms with E-state index in [1.165, 1.54) is 12.1 Å². The topological polar surface area (TPSA) is 12.0 Å². The van der Waals surface area contributed by atoms with Crippen LogP contribution in [0.4, 0.5) is 18.9 Å². The van der Waals surface area contributed by atoms with Crippen LogP contribution < -0.4 is 5.32 Å². The van der Waals surface area contributed by atoms with Crippen molar-refractivity contribution in [1.82, 2.24) is 0 Å². The Bertz CT molecular complexity index is 578. The standard InChI is InChI=1S/C15H13BrF3N/c1-10(20-14-7-5-13(16)6-8-14)11-3-2-4-12(9-11)15(17,18)19/h2-10,20H,1H3. The highest BCUT2D eigenvalue weighted by Gasteiger charge is 2.30. The van der Waals surface area contributed by atoms with Crippen molar-refractivity contribution in [3.63, 3.8) is 0 Å². The van der Waals surface area contributed by atoms with Crippen molar-refractivity contribution in [3.05, 3.63) is 64.1 Å². The molecule has 2 rings (SSSR count). The summed E-state index contributed by atoms with van der Waals surface area (Å²) in [6.07, 6.45) is -4.31. The van der Waals surface area contributed by atoms with Crippen LogP contribution in [0.5, 0.6) is 0 Å². The molecule has 1 N–H and O–H groups in total. The zero-order valence-corrected chi connectivity index (χ0v) is 12.3. The first-order chi connectivity index (χ1) is 9.36. The molecule has 5 heteroatoms. The first-order valence-electron chi connectivity index (χ1n) is 6.05. The quantitative estimate of drug-likeness (QED) is 0.760. The maximum Gasteiger partial charge on any atom is 0.416 e. The van der Waals surface area contributed by atoms with Gasteiger partial charge in [0.05, 0.1) is 5.56 Å². The number of benzene rings is 2. The molecule has 1 atom stereocenters. The fourth-order valence-electron chi connectivity index (χ4n) is 1.86. The molecule has 0 amide bonds. The van der Waals surface area contributed by atoms with E-state index in [2.05, 4.69) is 21.2 Å². The van der Waals surface area contributed by atoms with Crippen LogP contribution in [0.1, 0.15) is 24.1 Å². The first-order valence-corrected chi connectivity index (χ1v) is 6.85. The fourth-order valence-corrected chi connectivity index (χ4v) is 2.13. The predicted molar refractivity (Wildman–Crippen MR) is 77.6 cm³/mol. The molecule has 106 valence electrons. The number of hydrogen-bond acceptors (Lipinski definition) is 1. The van der Waals surface area contributed by atoms with Crippen molar-refractivity contribution in [3.8, 4) is 0 Å². The lowest BCUT2D eigenvalue weighted by atomic mass is 10.0. The van der Waals surface area contributed by atoms with E-state index >= 15 is 0 Å². The molecule has 1 nitrogen and oxygen atoms in total. The van der Waals surface area contributed by atoms with E-state index in [1.54, 1.807) is 6.07 Å². The highest BCUT2D eigenvalue weighted by Crippen LogP contribution is 2.31. The SMILES string of the molecule is CC(Nc1ccc(Br)cc1)c1cccc(C(F)(F)F)c1. The van der Waals surface area contributed by atoms with Crippen molar-refractivity contribution in [2.75, 3.05) is 5.32 Å². The Labute approximate surface area is 123 Å². The third-order valence-electron chi connectivity index (χ3n) is 2.94. The second kappa shape index (κ2) is 5.87. The number of rotatable bonds is 3. The van der Waals surface area contributed by atoms with Crippen molar-refractivity contribution in [2.45, 2.75) is 19.1 Å². The summed E-state index contributed by atoms with van der Waals surface area (Å²) in [6, 6.07) is 12.7. The molecule has 0 saturated heterocycles. The molecule has 2 aromatic carbocycles. The molecule has 0 aromatic heterocycles. The average molecular weight is 344 g/mol. The maximum absolute atomic E-state index is 12.7. The lowest BCUT2D eigenvalue weighted by Crippen LogP contribution is -2.10. The number of anilines is 1. The number of halogens is 4. The molecule has 0 aliphatic heterocycles. The fraction of sp³-hybridized carbons (Fsp3) is 0.200. The summed E-state index contributed by atoms with van der Waals surface area (Å²) < 4.78 is 39.0. The van der Waals surface area contributed by atoms with Gasteiger partial charge in [-0.05, 0) is 48.9 Å². The molecule has 1 unspecified atom stereocenters. The predicted octanol–water partition coefficient (Wildman–Crippen LogP) is 5.64. The average Bonchev–Trinajstić information content (AvgIpc) is 2.40. The highest BCUT2D eigenvalue weighted by molar-refractivity contribution is 9.10. The molecule has 0 heterocycles. The summed E-state index contributed by atoms with van der Waals surface area (Å²) in [5.41, 5.74) is 0.834. The van der Waals surface area contributed by atoms with Gasteiger partial charge in [-0.3, -0.25) is 0 Å². The summed E-state index contributed by atoms with van der Waals surface area (Å²) >= 11 is 3.34. The van der Waals surface area contributed by atoms with Gasteiger partial charge in [0.2, 0.25) is 0 Å². The molecule has 0 spiro atoms. The second-order valence-electron chi connectivity index (χ2n) is 4.50. The molecule has 0 saturated carbocycles. The van der Waals surface area contributed by atoms with Gasteiger partial charge in [-0.1, -0.05) is 28.1 Å². The zero-order valence-electron chi connectivity index (χ0n) is 10.7. The molecule has 0 bridgehead atoms. The van der Waals surface area contributed by atoms with Crippen molar-refractivity contribution < 1.29 is 13.2 Å². The molecule has 0 aliphatic rings. The third-order valence-corrected chi connectivity index (χ3v) is 3.47. The van der Waals surface area contributed by atoms with E-state index in [9.17, 15) is 13.2 Å². The first kappa shape index (κ1) is 14.9. The Hall–Kier alpha value is -1.49. The molecular weight excluding hydrogens is 331 g/mol. The van der Waals surface area contributed by atoms with E-state index in [0.717, 1.165) is 16.2 Å². The molecule has 20 heavy (non-hydrogen) atoms. The van der Waals surface area contributed by atoms with Crippen LogP contribution in [0, 0.1) is 0 Å². The van der Waals surface area contributed by atoms with Crippen molar-refractivity contribution >= 4 is 21.6 Å². The van der Waals surface area contributed by atoms with Gasteiger partial charge >= 0.3 is 6.18 Å². The Morgan fingerprint density at radius 3 is 2.30 bits per heavy atom. The summed E-state index contributed by atoms with van der Waals surface area (Å²) in [5.74, 6) is 0. The van der Waals surface area contributed by atoms with E-state index in [4.69, 9.17) is 0 Å². The van der Waals surface area contributed by atoms with Crippen molar-refractivity contribution in [1.29, 1.82) is 0 Å². The van der Waals surface area contributed by atoms with Crippen LogP contribution >= 0.6 is 15.9 Å². The normalized spacial score (nSPS) is 13.1. The van der Waals surface area contributed by atoms with Crippen LogP contribution in [-0.2, 0) is 6.18 Å². The largest absolute Gasteiger partial charge is 0.416 e. The number of hydrogen-bond donors (Lipinski definition) is 1. The van der Waals surface area contributed by atoms with Gasteiger partial charge in [0.1, 0.15) is 0 Å². The minimum Gasteiger partial charge on any atom is -0.379 e. The van der Waals surface area contributed by atoms with Crippen LogP contribution in [0.25, 0.3) is 0 Å². The number of alkyl halides is 3. The van der Waals surface area contributed by atoms with E-state index in [1.807, 2.05) is 31.2 Å². The third kappa shape index (κ3) is 3.76. The lowest BCUT2D eigenvalue weighted by molar-refractivity contribution is -0.137. The Morgan fingerprint density at radius 1 is 1.05 bits per heavy atom. The summed E-state index contributed by atoms with van der Waals surface area (Å²) in [6.45, 7) is 1.83. The molecule has 0 aliphatic carbocycles. The summed E-state index contributed by atoms with van der Waals surface area (Å²) in [5, 5.41) is 3.18. The Balaban J connectivity index is 2.17. The van der Waals surface area contributed by atoms with Crippen LogP contribution in [-0.4, -0.2) is 0 Å². The van der Waals surface area contributed by atoms with Crippen LogP contribution in [0.15, 0.2) is 53.0 Å². The summed E-state index contributed by atoms with van der Waals surface area (Å²) in [7, 11) is 0. The van der Waals surface area contributed by atoms with Gasteiger partial charge in [0.25, 0.3) is 0 Å². The van der Waals surface area contributed by atoms with Gasteiger partial charge in [-0.15, -0.1) is 0 Å². The minimum atomic E-state index is -4.31. The van der Waals surface area contributed by atoms with Crippen LogP contribution in [0.3, 0.4) is 0 Å². The van der Waals surface area contributed by atoms with Gasteiger partial charge in [0.15, 0.2) is 0 Å². The highest BCUT2D eigenvalue weighted by atomic mass is 79.9. The Kier molecular flexibility index (Phi) is 4.38. The Morgan fingerprint density at radius 2 is 1.70 bits per heavy atom. The van der Waals surface area contributed by atoms with Crippen molar-refractivity contribution in [2.24, 2.45) is 0 Å². The summed E-state index contributed by atoms with van der Waals surface area (Å²) in [4.78, 5) is 0. The molecule has 0 fully saturated rings.